The van der Waals surface area contributed by atoms with Crippen LogP contribution in [-0.4, -0.2) is 56.2 Å². The van der Waals surface area contributed by atoms with Crippen molar-refractivity contribution < 1.29 is 27.1 Å². The van der Waals surface area contributed by atoms with Crippen LogP contribution in [0, 0.1) is 5.82 Å². The first-order valence-electron chi connectivity index (χ1n) is 10.6. The number of benzene rings is 2. The number of amides is 1. The molecule has 1 fully saturated rings. The summed E-state index contributed by atoms with van der Waals surface area (Å²) in [6, 6.07) is 9.82. The van der Waals surface area contributed by atoms with Crippen molar-refractivity contribution in [3.05, 3.63) is 64.4 Å². The van der Waals surface area contributed by atoms with Crippen molar-refractivity contribution >= 4 is 33.5 Å². The average molecular weight is 497 g/mol. The maximum Gasteiger partial charge on any atom is 0.338 e. The number of carbonyl (C=O) groups excluding carboxylic acids is 2. The molecular weight excluding hydrogens is 471 g/mol. The Kier molecular flexibility index (Phi) is 8.45. The van der Waals surface area contributed by atoms with Gasteiger partial charge in [0.2, 0.25) is 10.0 Å². The Hall–Kier alpha value is -2.49. The Labute approximate surface area is 198 Å². The van der Waals surface area contributed by atoms with Gasteiger partial charge in [-0.05, 0) is 43.2 Å². The minimum atomic E-state index is -3.73. The molecule has 2 aromatic carbocycles. The van der Waals surface area contributed by atoms with Gasteiger partial charge in [0.15, 0.2) is 6.61 Å². The number of esters is 1. The Morgan fingerprint density at radius 3 is 2.42 bits per heavy atom. The second kappa shape index (κ2) is 11.1. The van der Waals surface area contributed by atoms with Crippen LogP contribution in [0.3, 0.4) is 0 Å². The van der Waals surface area contributed by atoms with Gasteiger partial charge in [0.25, 0.3) is 5.91 Å². The van der Waals surface area contributed by atoms with Crippen LogP contribution in [0.5, 0.6) is 0 Å². The van der Waals surface area contributed by atoms with Crippen molar-refractivity contribution in [2.24, 2.45) is 0 Å². The van der Waals surface area contributed by atoms with Gasteiger partial charge in [0, 0.05) is 37.3 Å². The van der Waals surface area contributed by atoms with E-state index in [4.69, 9.17) is 16.3 Å². The molecule has 0 atom stereocenters. The maximum atomic E-state index is 13.9. The summed E-state index contributed by atoms with van der Waals surface area (Å²) in [5.41, 5.74) is 0.186. The van der Waals surface area contributed by atoms with Crippen LogP contribution in [0.25, 0.3) is 0 Å². The third-order valence-electron chi connectivity index (χ3n) is 5.48. The lowest BCUT2D eigenvalue weighted by molar-refractivity contribution is -0.133. The Balaban J connectivity index is 1.63. The van der Waals surface area contributed by atoms with Gasteiger partial charge in [-0.25, -0.2) is 17.6 Å². The molecule has 0 N–H and O–H groups in total. The van der Waals surface area contributed by atoms with Crippen molar-refractivity contribution in [2.45, 2.75) is 37.1 Å². The zero-order valence-corrected chi connectivity index (χ0v) is 19.9. The number of hydrogen-bond acceptors (Lipinski definition) is 5. The van der Waals surface area contributed by atoms with Crippen LogP contribution in [0.2, 0.25) is 5.02 Å². The zero-order valence-electron chi connectivity index (χ0n) is 18.3. The molecule has 0 saturated carbocycles. The molecule has 1 aliphatic rings. The molecule has 3 rings (SSSR count). The summed E-state index contributed by atoms with van der Waals surface area (Å²) in [7, 11) is -2.29. The van der Waals surface area contributed by atoms with Crippen LogP contribution in [0.4, 0.5) is 4.39 Å². The highest BCUT2D eigenvalue weighted by atomic mass is 35.5. The first-order valence-corrected chi connectivity index (χ1v) is 12.5. The van der Waals surface area contributed by atoms with E-state index in [1.807, 2.05) is 0 Å². The summed E-state index contributed by atoms with van der Waals surface area (Å²) in [6.07, 6.45) is 3.58. The Bertz CT molecular complexity index is 1100. The van der Waals surface area contributed by atoms with E-state index in [2.05, 4.69) is 0 Å². The first-order chi connectivity index (χ1) is 15.7. The number of nitrogens with zero attached hydrogens (tertiary/aromatic N) is 2. The lowest BCUT2D eigenvalue weighted by atomic mass is 10.2. The van der Waals surface area contributed by atoms with Gasteiger partial charge in [-0.3, -0.25) is 4.79 Å². The van der Waals surface area contributed by atoms with E-state index < -0.39 is 34.3 Å². The summed E-state index contributed by atoms with van der Waals surface area (Å²) in [4.78, 5) is 26.0. The minimum Gasteiger partial charge on any atom is -0.452 e. The summed E-state index contributed by atoms with van der Waals surface area (Å²) in [5, 5.41) is 0.189. The SMILES string of the molecule is CN(Cc1c(F)cccc1Cl)C(=O)COC(=O)c1cccc(S(=O)(=O)N2CCCCCC2)c1. The molecule has 0 radical (unpaired) electrons. The average Bonchev–Trinajstić information content (AvgIpc) is 3.10. The van der Waals surface area contributed by atoms with Crippen molar-refractivity contribution in [3.63, 3.8) is 0 Å². The van der Waals surface area contributed by atoms with E-state index in [9.17, 15) is 22.4 Å². The van der Waals surface area contributed by atoms with Gasteiger partial charge in [0.1, 0.15) is 5.82 Å². The second-order valence-electron chi connectivity index (χ2n) is 7.87. The van der Waals surface area contributed by atoms with Gasteiger partial charge in [0.05, 0.1) is 10.5 Å². The third-order valence-corrected chi connectivity index (χ3v) is 7.73. The van der Waals surface area contributed by atoms with Crippen molar-refractivity contribution in [1.29, 1.82) is 0 Å². The molecule has 1 amide bonds. The Morgan fingerprint density at radius 1 is 1.09 bits per heavy atom. The fourth-order valence-corrected chi connectivity index (χ4v) is 5.33. The monoisotopic (exact) mass is 496 g/mol. The largest absolute Gasteiger partial charge is 0.452 e. The van der Waals surface area contributed by atoms with Crippen molar-refractivity contribution in [1.82, 2.24) is 9.21 Å². The van der Waals surface area contributed by atoms with E-state index >= 15 is 0 Å². The van der Waals surface area contributed by atoms with Gasteiger partial charge in [-0.15, -0.1) is 0 Å². The molecule has 1 heterocycles. The summed E-state index contributed by atoms with van der Waals surface area (Å²) >= 11 is 5.99. The fraction of sp³-hybridized carbons (Fsp3) is 0.391. The van der Waals surface area contributed by atoms with Crippen LogP contribution >= 0.6 is 11.6 Å². The van der Waals surface area contributed by atoms with Gasteiger partial charge >= 0.3 is 5.97 Å². The van der Waals surface area contributed by atoms with Crippen molar-refractivity contribution in [2.75, 3.05) is 26.7 Å². The predicted octanol–water partition coefficient (Wildman–Crippen LogP) is 3.86. The molecule has 0 aliphatic carbocycles. The smallest absolute Gasteiger partial charge is 0.338 e. The van der Waals surface area contributed by atoms with Crippen LogP contribution in [0.1, 0.15) is 41.6 Å². The molecule has 1 saturated heterocycles. The normalized spacial score (nSPS) is 15.0. The molecular formula is C23H26ClFN2O5S. The summed E-state index contributed by atoms with van der Waals surface area (Å²) in [6.45, 7) is 0.226. The van der Waals surface area contributed by atoms with Crippen LogP contribution < -0.4 is 0 Å². The first kappa shape index (κ1) is 25.1. The van der Waals surface area contributed by atoms with Gasteiger partial charge in [-0.1, -0.05) is 36.6 Å². The number of halogens is 2. The van der Waals surface area contributed by atoms with Gasteiger partial charge < -0.3 is 9.64 Å². The summed E-state index contributed by atoms with van der Waals surface area (Å²) < 4.78 is 46.4. The van der Waals surface area contributed by atoms with E-state index in [0.717, 1.165) is 25.7 Å². The highest BCUT2D eigenvalue weighted by Gasteiger charge is 2.26. The standard InChI is InChI=1S/C23H26ClFN2O5S/c1-26(15-19-20(24)10-7-11-21(19)25)22(28)16-32-23(29)17-8-6-9-18(14-17)33(30,31)27-12-4-2-3-5-13-27/h6-11,14H,2-5,12-13,15-16H2,1H3. The lowest BCUT2D eigenvalue weighted by Crippen LogP contribution is -2.32. The topological polar surface area (TPSA) is 84.0 Å². The van der Waals surface area contributed by atoms with Crippen LogP contribution in [0.15, 0.2) is 47.4 Å². The molecule has 33 heavy (non-hydrogen) atoms. The van der Waals surface area contributed by atoms with Gasteiger partial charge in [-0.2, -0.15) is 4.31 Å². The molecule has 1 aliphatic heterocycles. The molecule has 10 heteroatoms. The number of likely N-dealkylation sites (N-methyl/N-ethyl adjacent to an activating group) is 1. The molecule has 178 valence electrons. The molecule has 2 aromatic rings. The fourth-order valence-electron chi connectivity index (χ4n) is 3.54. The number of carbonyl (C=O) groups is 2. The highest BCUT2D eigenvalue weighted by molar-refractivity contribution is 7.89. The number of ether oxygens (including phenoxy) is 1. The number of hydrogen-bond donors (Lipinski definition) is 0. The quantitative estimate of drug-likeness (QED) is 0.543. The maximum absolute atomic E-state index is 13.9. The number of rotatable bonds is 7. The molecule has 0 bridgehead atoms. The Morgan fingerprint density at radius 2 is 1.76 bits per heavy atom. The molecule has 0 unspecified atom stereocenters. The molecule has 7 nitrogen and oxygen atoms in total. The summed E-state index contributed by atoms with van der Waals surface area (Å²) in [5.74, 6) is -1.92. The number of sulfonamides is 1. The highest BCUT2D eigenvalue weighted by Crippen LogP contribution is 2.22. The van der Waals surface area contributed by atoms with E-state index in [-0.39, 0.29) is 27.6 Å². The lowest BCUT2D eigenvalue weighted by Gasteiger charge is -2.20. The molecule has 0 spiro atoms. The molecule has 0 aromatic heterocycles. The zero-order chi connectivity index (χ0) is 24.0. The van der Waals surface area contributed by atoms with E-state index in [1.54, 1.807) is 0 Å². The van der Waals surface area contributed by atoms with Crippen molar-refractivity contribution in [3.8, 4) is 0 Å². The second-order valence-corrected chi connectivity index (χ2v) is 10.2. The van der Waals surface area contributed by atoms with E-state index in [0.29, 0.717) is 13.1 Å². The van der Waals surface area contributed by atoms with E-state index in [1.165, 1.54) is 58.7 Å². The minimum absolute atomic E-state index is 0.0106. The third kappa shape index (κ3) is 6.31. The van der Waals surface area contributed by atoms with Crippen LogP contribution in [-0.2, 0) is 26.1 Å². The predicted molar refractivity (Wildman–Crippen MR) is 122 cm³/mol.